The average Bonchev–Trinajstić information content (AvgIpc) is 2.03. The molecule has 0 radical (unpaired) electrons. The molecule has 0 aliphatic rings. The van der Waals surface area contributed by atoms with Gasteiger partial charge in [0.05, 0.1) is 5.69 Å². The molecule has 0 bridgehead atoms. The van der Waals surface area contributed by atoms with Gasteiger partial charge in [0.25, 0.3) is 0 Å². The van der Waals surface area contributed by atoms with Crippen molar-refractivity contribution >= 4 is 15.9 Å². The van der Waals surface area contributed by atoms with Crippen LogP contribution < -0.4 is 5.73 Å². The quantitative estimate of drug-likeness (QED) is 0.757. The first-order valence-corrected chi connectivity index (χ1v) is 4.28. The number of aryl methyl sites for hydroxylation is 1. The van der Waals surface area contributed by atoms with Gasteiger partial charge in [-0.15, -0.1) is 0 Å². The third kappa shape index (κ3) is 2.24. The van der Waals surface area contributed by atoms with Crippen LogP contribution in [-0.4, -0.2) is 9.97 Å². The number of hydrogen-bond acceptors (Lipinski definition) is 3. The van der Waals surface area contributed by atoms with Crippen molar-refractivity contribution in [1.29, 1.82) is 0 Å². The van der Waals surface area contributed by atoms with Crippen LogP contribution in [0.1, 0.15) is 18.3 Å². The first kappa shape index (κ1) is 8.62. The standard InChI is InChI=1S/C7H10BrN3/c1-2-5-3-6(4-9)11-7(8)10-5/h3H,2,4,9H2,1H3. The minimum absolute atomic E-state index is 0.466. The monoisotopic (exact) mass is 215 g/mol. The van der Waals surface area contributed by atoms with Gasteiger partial charge in [-0.1, -0.05) is 6.92 Å². The van der Waals surface area contributed by atoms with E-state index in [2.05, 4.69) is 32.8 Å². The number of hydrogen-bond donors (Lipinski definition) is 1. The van der Waals surface area contributed by atoms with Gasteiger partial charge in [0.15, 0.2) is 4.73 Å². The summed E-state index contributed by atoms with van der Waals surface area (Å²) in [5.41, 5.74) is 7.33. The molecule has 0 aliphatic heterocycles. The lowest BCUT2D eigenvalue weighted by Gasteiger charge is -1.99. The summed E-state index contributed by atoms with van der Waals surface area (Å²) in [6.07, 6.45) is 0.911. The summed E-state index contributed by atoms with van der Waals surface area (Å²) < 4.78 is 0.623. The summed E-state index contributed by atoms with van der Waals surface area (Å²) in [5.74, 6) is 0. The molecule has 0 saturated heterocycles. The Hall–Kier alpha value is -0.480. The Morgan fingerprint density at radius 3 is 2.64 bits per heavy atom. The molecule has 0 atom stereocenters. The number of halogens is 1. The van der Waals surface area contributed by atoms with Crippen molar-refractivity contribution in [2.75, 3.05) is 0 Å². The Labute approximate surface area is 74.2 Å². The minimum atomic E-state index is 0.466. The van der Waals surface area contributed by atoms with Crippen LogP contribution in [-0.2, 0) is 13.0 Å². The van der Waals surface area contributed by atoms with Crippen molar-refractivity contribution in [1.82, 2.24) is 9.97 Å². The topological polar surface area (TPSA) is 51.8 Å². The summed E-state index contributed by atoms with van der Waals surface area (Å²) in [6, 6.07) is 1.92. The Bertz CT molecular complexity index is 227. The molecule has 2 N–H and O–H groups in total. The van der Waals surface area contributed by atoms with Crippen molar-refractivity contribution < 1.29 is 0 Å². The molecule has 0 spiro atoms. The fourth-order valence-electron chi connectivity index (χ4n) is 0.805. The van der Waals surface area contributed by atoms with E-state index in [4.69, 9.17) is 5.73 Å². The molecule has 0 saturated carbocycles. The van der Waals surface area contributed by atoms with Crippen molar-refractivity contribution in [2.24, 2.45) is 5.73 Å². The Morgan fingerprint density at radius 1 is 1.45 bits per heavy atom. The minimum Gasteiger partial charge on any atom is -0.325 e. The predicted octanol–water partition coefficient (Wildman–Crippen LogP) is 1.26. The van der Waals surface area contributed by atoms with Gasteiger partial charge in [-0.05, 0) is 28.4 Å². The van der Waals surface area contributed by atoms with E-state index >= 15 is 0 Å². The molecule has 1 aromatic heterocycles. The second-order valence-electron chi connectivity index (χ2n) is 2.18. The third-order valence-electron chi connectivity index (χ3n) is 1.38. The van der Waals surface area contributed by atoms with Crippen LogP contribution in [0.4, 0.5) is 0 Å². The van der Waals surface area contributed by atoms with Crippen LogP contribution in [0.15, 0.2) is 10.8 Å². The molecular formula is C7H10BrN3. The zero-order valence-corrected chi connectivity index (χ0v) is 7.93. The second-order valence-corrected chi connectivity index (χ2v) is 2.89. The third-order valence-corrected chi connectivity index (χ3v) is 1.73. The molecule has 11 heavy (non-hydrogen) atoms. The maximum Gasteiger partial charge on any atom is 0.197 e. The summed E-state index contributed by atoms with van der Waals surface area (Å²) in [7, 11) is 0. The van der Waals surface area contributed by atoms with Gasteiger partial charge in [0.2, 0.25) is 0 Å². The van der Waals surface area contributed by atoms with E-state index in [0.29, 0.717) is 11.3 Å². The van der Waals surface area contributed by atoms with Gasteiger partial charge < -0.3 is 5.73 Å². The lowest BCUT2D eigenvalue weighted by atomic mass is 10.3. The average molecular weight is 216 g/mol. The van der Waals surface area contributed by atoms with E-state index < -0.39 is 0 Å². The highest BCUT2D eigenvalue weighted by Crippen LogP contribution is 2.06. The Balaban J connectivity index is 3.02. The highest BCUT2D eigenvalue weighted by Gasteiger charge is 1.98. The van der Waals surface area contributed by atoms with E-state index in [-0.39, 0.29) is 0 Å². The SMILES string of the molecule is CCc1cc(CN)nc(Br)n1. The smallest absolute Gasteiger partial charge is 0.197 e. The van der Waals surface area contributed by atoms with Gasteiger partial charge >= 0.3 is 0 Å². The predicted molar refractivity (Wildman–Crippen MR) is 47.0 cm³/mol. The molecule has 0 unspecified atom stereocenters. The van der Waals surface area contributed by atoms with Crippen molar-refractivity contribution in [3.8, 4) is 0 Å². The lowest BCUT2D eigenvalue weighted by Crippen LogP contribution is -2.02. The zero-order chi connectivity index (χ0) is 8.27. The summed E-state index contributed by atoms with van der Waals surface area (Å²) in [5, 5.41) is 0. The van der Waals surface area contributed by atoms with Crippen LogP contribution in [0, 0.1) is 0 Å². The molecule has 1 heterocycles. The van der Waals surface area contributed by atoms with E-state index in [1.54, 1.807) is 0 Å². The number of nitrogens with two attached hydrogens (primary N) is 1. The van der Waals surface area contributed by atoms with Gasteiger partial charge in [0, 0.05) is 12.2 Å². The maximum atomic E-state index is 5.43. The largest absolute Gasteiger partial charge is 0.325 e. The van der Waals surface area contributed by atoms with Crippen LogP contribution in [0.2, 0.25) is 0 Å². The first-order valence-electron chi connectivity index (χ1n) is 3.48. The molecule has 1 aromatic rings. The van der Waals surface area contributed by atoms with Crippen LogP contribution in [0.25, 0.3) is 0 Å². The molecule has 0 fully saturated rings. The van der Waals surface area contributed by atoms with Gasteiger partial charge in [-0.2, -0.15) is 0 Å². The van der Waals surface area contributed by atoms with Crippen LogP contribution in [0.5, 0.6) is 0 Å². The van der Waals surface area contributed by atoms with Crippen molar-refractivity contribution in [3.05, 3.63) is 22.2 Å². The summed E-state index contributed by atoms with van der Waals surface area (Å²) in [6.45, 7) is 2.52. The van der Waals surface area contributed by atoms with Gasteiger partial charge in [-0.25, -0.2) is 9.97 Å². The van der Waals surface area contributed by atoms with E-state index in [1.807, 2.05) is 6.07 Å². The van der Waals surface area contributed by atoms with Gasteiger partial charge in [-0.3, -0.25) is 0 Å². The maximum absolute atomic E-state index is 5.43. The fourth-order valence-corrected chi connectivity index (χ4v) is 1.26. The number of aromatic nitrogens is 2. The van der Waals surface area contributed by atoms with E-state index in [9.17, 15) is 0 Å². The molecule has 4 heteroatoms. The summed E-state index contributed by atoms with van der Waals surface area (Å²) in [4.78, 5) is 8.23. The molecule has 0 amide bonds. The van der Waals surface area contributed by atoms with Crippen molar-refractivity contribution in [3.63, 3.8) is 0 Å². The zero-order valence-electron chi connectivity index (χ0n) is 6.34. The Morgan fingerprint density at radius 2 is 2.09 bits per heavy atom. The van der Waals surface area contributed by atoms with Crippen LogP contribution >= 0.6 is 15.9 Å². The van der Waals surface area contributed by atoms with E-state index in [1.165, 1.54) is 0 Å². The normalized spacial score (nSPS) is 10.1. The highest BCUT2D eigenvalue weighted by atomic mass is 79.9. The number of rotatable bonds is 2. The molecular weight excluding hydrogens is 206 g/mol. The Kier molecular flexibility index (Phi) is 2.96. The molecule has 3 nitrogen and oxygen atoms in total. The molecule has 0 aromatic carbocycles. The molecule has 60 valence electrons. The molecule has 0 aliphatic carbocycles. The van der Waals surface area contributed by atoms with Gasteiger partial charge in [0.1, 0.15) is 0 Å². The van der Waals surface area contributed by atoms with Crippen molar-refractivity contribution in [2.45, 2.75) is 19.9 Å². The summed E-state index contributed by atoms with van der Waals surface area (Å²) >= 11 is 3.22. The molecule has 1 rings (SSSR count). The van der Waals surface area contributed by atoms with E-state index in [0.717, 1.165) is 17.8 Å². The fraction of sp³-hybridized carbons (Fsp3) is 0.429. The second kappa shape index (κ2) is 3.78. The highest BCUT2D eigenvalue weighted by molar-refractivity contribution is 9.10. The van der Waals surface area contributed by atoms with Crippen LogP contribution in [0.3, 0.4) is 0 Å². The number of nitrogens with zero attached hydrogens (tertiary/aromatic N) is 2. The first-order chi connectivity index (χ1) is 5.26. The lowest BCUT2D eigenvalue weighted by molar-refractivity contribution is 0.897.